The first-order chi connectivity index (χ1) is 8.33. The van der Waals surface area contributed by atoms with E-state index in [2.05, 4.69) is 10.2 Å². The molecular weight excluding hydrogens is 218 g/mol. The highest BCUT2D eigenvalue weighted by molar-refractivity contribution is 5.84. The molecule has 1 aliphatic heterocycles. The molecule has 0 aliphatic carbocycles. The topological polar surface area (TPSA) is 73.2 Å². The van der Waals surface area contributed by atoms with Crippen LogP contribution in [0.3, 0.4) is 0 Å². The zero-order valence-corrected chi connectivity index (χ0v) is 9.48. The lowest BCUT2D eigenvalue weighted by atomic mass is 10.1. The number of hydrogen-bond acceptors (Lipinski definition) is 4. The molecule has 2 heterocycles. The van der Waals surface area contributed by atoms with Gasteiger partial charge in [0.05, 0.1) is 30.6 Å². The molecule has 0 amide bonds. The van der Waals surface area contributed by atoms with E-state index in [1.54, 1.807) is 6.20 Å². The summed E-state index contributed by atoms with van der Waals surface area (Å²) in [5.74, 6) is 0.730. The van der Waals surface area contributed by atoms with Crippen molar-refractivity contribution in [3.63, 3.8) is 0 Å². The Labute approximate surface area is 98.9 Å². The third kappa shape index (κ3) is 2.06. The van der Waals surface area contributed by atoms with Gasteiger partial charge in [0, 0.05) is 24.3 Å². The van der Waals surface area contributed by atoms with Crippen molar-refractivity contribution in [2.45, 2.75) is 18.9 Å². The van der Waals surface area contributed by atoms with Gasteiger partial charge in [-0.25, -0.2) is 0 Å². The number of benzene rings is 1. The summed E-state index contributed by atoms with van der Waals surface area (Å²) in [6.07, 6.45) is 3.79. The third-order valence-electron chi connectivity index (χ3n) is 3.03. The highest BCUT2D eigenvalue weighted by Gasteiger charge is 2.16. The summed E-state index contributed by atoms with van der Waals surface area (Å²) < 4.78 is 11.2. The van der Waals surface area contributed by atoms with Crippen molar-refractivity contribution in [2.24, 2.45) is 0 Å². The predicted octanol–water partition coefficient (Wildman–Crippen LogP) is 1.70. The lowest BCUT2D eigenvalue weighted by Gasteiger charge is -2.23. The predicted molar refractivity (Wildman–Crippen MR) is 65.0 cm³/mol. The number of nitrogen functional groups attached to an aromatic ring is 1. The number of rotatable bonds is 2. The zero-order valence-electron chi connectivity index (χ0n) is 9.48. The number of hydrogen-bond donors (Lipinski definition) is 2. The molecule has 1 aromatic carbocycles. The molecule has 17 heavy (non-hydrogen) atoms. The maximum absolute atomic E-state index is 5.97. The van der Waals surface area contributed by atoms with Crippen LogP contribution in [0.2, 0.25) is 0 Å². The number of nitrogens with one attached hydrogen (secondary N) is 1. The van der Waals surface area contributed by atoms with Crippen LogP contribution in [0.4, 0.5) is 5.69 Å². The number of anilines is 1. The molecule has 0 saturated carbocycles. The average Bonchev–Trinajstić information content (AvgIpc) is 2.78. The van der Waals surface area contributed by atoms with Gasteiger partial charge in [-0.2, -0.15) is 5.10 Å². The van der Waals surface area contributed by atoms with Gasteiger partial charge in [0.25, 0.3) is 0 Å². The summed E-state index contributed by atoms with van der Waals surface area (Å²) in [4.78, 5) is 0. The van der Waals surface area contributed by atoms with Gasteiger partial charge in [-0.1, -0.05) is 0 Å². The number of fused-ring (bicyclic) bond motifs is 1. The summed E-state index contributed by atoms with van der Waals surface area (Å²) in [6.45, 7) is 1.52. The minimum atomic E-state index is 0.200. The highest BCUT2D eigenvalue weighted by atomic mass is 16.5. The van der Waals surface area contributed by atoms with Crippen molar-refractivity contribution in [2.75, 3.05) is 18.9 Å². The molecule has 0 spiro atoms. The van der Waals surface area contributed by atoms with E-state index >= 15 is 0 Å². The van der Waals surface area contributed by atoms with Crippen LogP contribution in [-0.4, -0.2) is 29.5 Å². The standard InChI is InChI=1S/C12H15N3O2/c13-10-5-8-7-14-15-11(8)6-12(10)17-9-1-3-16-4-2-9/h5-7,9H,1-4,13H2,(H,14,15). The van der Waals surface area contributed by atoms with Crippen molar-refractivity contribution >= 4 is 16.6 Å². The lowest BCUT2D eigenvalue weighted by Crippen LogP contribution is -2.26. The summed E-state index contributed by atoms with van der Waals surface area (Å²) in [6, 6.07) is 3.79. The molecule has 3 rings (SSSR count). The van der Waals surface area contributed by atoms with E-state index in [0.29, 0.717) is 5.69 Å². The lowest BCUT2D eigenvalue weighted by molar-refractivity contribution is 0.0259. The van der Waals surface area contributed by atoms with E-state index in [9.17, 15) is 0 Å². The summed E-state index contributed by atoms with van der Waals surface area (Å²) >= 11 is 0. The number of aromatic amines is 1. The second-order valence-electron chi connectivity index (χ2n) is 4.28. The van der Waals surface area contributed by atoms with Crippen LogP contribution in [0.1, 0.15) is 12.8 Å². The molecule has 90 valence electrons. The van der Waals surface area contributed by atoms with Crippen LogP contribution in [0.5, 0.6) is 5.75 Å². The van der Waals surface area contributed by atoms with E-state index in [-0.39, 0.29) is 6.10 Å². The Morgan fingerprint density at radius 2 is 2.18 bits per heavy atom. The van der Waals surface area contributed by atoms with Crippen LogP contribution in [0.25, 0.3) is 10.9 Å². The smallest absolute Gasteiger partial charge is 0.144 e. The second kappa shape index (κ2) is 4.25. The van der Waals surface area contributed by atoms with Crippen LogP contribution in [0.15, 0.2) is 18.3 Å². The Hall–Kier alpha value is -1.75. The van der Waals surface area contributed by atoms with Gasteiger partial charge in [-0.3, -0.25) is 5.10 Å². The Kier molecular flexibility index (Phi) is 2.60. The van der Waals surface area contributed by atoms with Crippen LogP contribution >= 0.6 is 0 Å². The van der Waals surface area contributed by atoms with Gasteiger partial charge < -0.3 is 15.2 Å². The number of nitrogens with zero attached hydrogens (tertiary/aromatic N) is 1. The van der Waals surface area contributed by atoms with Crippen LogP contribution in [-0.2, 0) is 4.74 Å². The van der Waals surface area contributed by atoms with Crippen molar-refractivity contribution in [1.29, 1.82) is 0 Å². The minimum absolute atomic E-state index is 0.200. The fourth-order valence-corrected chi connectivity index (χ4v) is 2.06. The number of aromatic nitrogens is 2. The molecule has 2 aromatic rings. The summed E-state index contributed by atoms with van der Waals surface area (Å²) in [5.41, 5.74) is 7.57. The quantitative estimate of drug-likeness (QED) is 0.774. The van der Waals surface area contributed by atoms with Crippen LogP contribution < -0.4 is 10.5 Å². The SMILES string of the molecule is Nc1cc2cn[nH]c2cc1OC1CCOCC1. The van der Waals surface area contributed by atoms with Gasteiger partial charge >= 0.3 is 0 Å². The van der Waals surface area contributed by atoms with E-state index in [1.165, 1.54) is 0 Å². The fourth-order valence-electron chi connectivity index (χ4n) is 2.06. The third-order valence-corrected chi connectivity index (χ3v) is 3.03. The second-order valence-corrected chi connectivity index (χ2v) is 4.28. The molecule has 0 radical (unpaired) electrons. The molecule has 1 saturated heterocycles. The first-order valence-corrected chi connectivity index (χ1v) is 5.80. The number of ether oxygens (including phenoxy) is 2. The van der Waals surface area contributed by atoms with E-state index in [4.69, 9.17) is 15.2 Å². The molecule has 5 heteroatoms. The molecule has 1 aromatic heterocycles. The fraction of sp³-hybridized carbons (Fsp3) is 0.417. The first-order valence-electron chi connectivity index (χ1n) is 5.80. The van der Waals surface area contributed by atoms with Crippen molar-refractivity contribution in [3.8, 4) is 5.75 Å². The van der Waals surface area contributed by atoms with Gasteiger partial charge in [-0.15, -0.1) is 0 Å². The van der Waals surface area contributed by atoms with Crippen molar-refractivity contribution in [1.82, 2.24) is 10.2 Å². The summed E-state index contributed by atoms with van der Waals surface area (Å²) in [7, 11) is 0. The number of H-pyrrole nitrogens is 1. The van der Waals surface area contributed by atoms with E-state index in [1.807, 2.05) is 12.1 Å². The Balaban J connectivity index is 1.85. The first kappa shape index (κ1) is 10.4. The molecule has 0 unspecified atom stereocenters. The summed E-state index contributed by atoms with van der Waals surface area (Å²) in [5, 5.41) is 7.89. The van der Waals surface area contributed by atoms with Gasteiger partial charge in [0.2, 0.25) is 0 Å². The monoisotopic (exact) mass is 233 g/mol. The Morgan fingerprint density at radius 1 is 1.35 bits per heavy atom. The van der Waals surface area contributed by atoms with Gasteiger partial charge in [0.1, 0.15) is 11.9 Å². The molecular formula is C12H15N3O2. The average molecular weight is 233 g/mol. The van der Waals surface area contributed by atoms with Gasteiger partial charge in [-0.05, 0) is 6.07 Å². The molecule has 1 fully saturated rings. The minimum Gasteiger partial charge on any atom is -0.488 e. The van der Waals surface area contributed by atoms with E-state index in [0.717, 1.165) is 42.7 Å². The molecule has 0 bridgehead atoms. The maximum Gasteiger partial charge on any atom is 0.144 e. The molecule has 1 aliphatic rings. The van der Waals surface area contributed by atoms with Crippen LogP contribution in [0, 0.1) is 0 Å². The largest absolute Gasteiger partial charge is 0.488 e. The Bertz CT molecular complexity index is 517. The van der Waals surface area contributed by atoms with E-state index < -0.39 is 0 Å². The zero-order chi connectivity index (χ0) is 11.7. The molecule has 5 nitrogen and oxygen atoms in total. The van der Waals surface area contributed by atoms with Gasteiger partial charge in [0.15, 0.2) is 0 Å². The number of nitrogens with two attached hydrogens (primary N) is 1. The molecule has 3 N–H and O–H groups in total. The van der Waals surface area contributed by atoms with Crippen molar-refractivity contribution in [3.05, 3.63) is 18.3 Å². The normalized spacial score (nSPS) is 17.4. The highest BCUT2D eigenvalue weighted by Crippen LogP contribution is 2.29. The molecule has 0 atom stereocenters. The van der Waals surface area contributed by atoms with Crippen molar-refractivity contribution < 1.29 is 9.47 Å². The maximum atomic E-state index is 5.97. The Morgan fingerprint density at radius 3 is 3.00 bits per heavy atom.